The second-order valence-electron chi connectivity index (χ2n) is 5.94. The average molecular weight is 361 g/mol. The number of nitrogen functional groups attached to an aromatic ring is 1. The van der Waals surface area contributed by atoms with Crippen LogP contribution in [0.1, 0.15) is 12.2 Å². The molecule has 1 aliphatic rings. The minimum atomic E-state index is -0.638. The van der Waals surface area contributed by atoms with Crippen LogP contribution in [0.3, 0.4) is 0 Å². The van der Waals surface area contributed by atoms with Gasteiger partial charge in [0.15, 0.2) is 0 Å². The van der Waals surface area contributed by atoms with E-state index in [0.717, 1.165) is 0 Å². The van der Waals surface area contributed by atoms with Gasteiger partial charge in [0.2, 0.25) is 17.8 Å². The minimum Gasteiger partial charge on any atom is -0.367 e. The van der Waals surface area contributed by atoms with Gasteiger partial charge in [0.25, 0.3) is 0 Å². The van der Waals surface area contributed by atoms with Gasteiger partial charge in [-0.2, -0.15) is 4.98 Å². The molecule has 0 unspecified atom stereocenters. The monoisotopic (exact) mass is 361 g/mol. The molecule has 1 aromatic heterocycles. The van der Waals surface area contributed by atoms with Gasteiger partial charge in [0, 0.05) is 38.2 Å². The zero-order chi connectivity index (χ0) is 18.5. The van der Waals surface area contributed by atoms with E-state index in [4.69, 9.17) is 5.73 Å². The van der Waals surface area contributed by atoms with Crippen molar-refractivity contribution >= 4 is 23.5 Å². The van der Waals surface area contributed by atoms with Crippen LogP contribution < -0.4 is 16.4 Å². The van der Waals surface area contributed by atoms with Crippen LogP contribution in [0.25, 0.3) is 0 Å². The highest BCUT2D eigenvalue weighted by atomic mass is 19.1. The number of aryl methyl sites for hydroxylation is 1. The number of hydrogen-bond acceptors (Lipinski definition) is 6. The van der Waals surface area contributed by atoms with Gasteiger partial charge in [0.1, 0.15) is 17.7 Å². The predicted molar refractivity (Wildman–Crippen MR) is 92.5 cm³/mol. The predicted octanol–water partition coefficient (Wildman–Crippen LogP) is -0.102. The van der Waals surface area contributed by atoms with E-state index in [-0.39, 0.29) is 30.0 Å². The molecule has 138 valence electrons. The number of piperazine rings is 1. The van der Waals surface area contributed by atoms with Gasteiger partial charge in [-0.1, -0.05) is 0 Å². The topological polar surface area (TPSA) is 129 Å². The first-order valence-corrected chi connectivity index (χ1v) is 8.26. The maximum atomic E-state index is 13.0. The molecular formula is C16H20FN7O2. The third-order valence-electron chi connectivity index (χ3n) is 4.10. The van der Waals surface area contributed by atoms with Crippen LogP contribution in [-0.2, 0) is 16.0 Å². The van der Waals surface area contributed by atoms with Crippen molar-refractivity contribution in [1.82, 2.24) is 25.4 Å². The van der Waals surface area contributed by atoms with Crippen molar-refractivity contribution in [3.63, 3.8) is 0 Å². The Morgan fingerprint density at radius 2 is 2.12 bits per heavy atom. The fraction of sp³-hybridized carbons (Fsp3) is 0.375. The lowest BCUT2D eigenvalue weighted by molar-refractivity contribution is -0.139. The van der Waals surface area contributed by atoms with E-state index in [1.54, 1.807) is 4.90 Å². The summed E-state index contributed by atoms with van der Waals surface area (Å²) in [5.41, 5.74) is 5.92. The standard InChI is InChI=1S/C16H20FN7O2/c17-10-1-3-11(4-2-10)20-15(26)12-9-19-7-8-24(12)14(25)6-5-13-21-16(18)23-22-13/h1-4,12,19H,5-9H2,(H,20,26)(H3,18,21,22,23)/t12-/m1/s1. The second kappa shape index (κ2) is 7.91. The summed E-state index contributed by atoms with van der Waals surface area (Å²) in [6, 6.07) is 4.84. The lowest BCUT2D eigenvalue weighted by Gasteiger charge is -2.35. The van der Waals surface area contributed by atoms with E-state index in [1.165, 1.54) is 24.3 Å². The summed E-state index contributed by atoms with van der Waals surface area (Å²) in [7, 11) is 0. The summed E-state index contributed by atoms with van der Waals surface area (Å²) < 4.78 is 13.0. The number of anilines is 2. The molecule has 26 heavy (non-hydrogen) atoms. The lowest BCUT2D eigenvalue weighted by Crippen LogP contribution is -2.58. The van der Waals surface area contributed by atoms with E-state index >= 15 is 0 Å². The van der Waals surface area contributed by atoms with E-state index in [0.29, 0.717) is 37.6 Å². The summed E-state index contributed by atoms with van der Waals surface area (Å²) in [4.78, 5) is 30.6. The fourth-order valence-corrected chi connectivity index (χ4v) is 2.79. The third-order valence-corrected chi connectivity index (χ3v) is 4.10. The van der Waals surface area contributed by atoms with Gasteiger partial charge < -0.3 is 21.3 Å². The fourth-order valence-electron chi connectivity index (χ4n) is 2.79. The number of nitrogens with one attached hydrogen (secondary N) is 3. The SMILES string of the molecule is Nc1n[nH]c(CCC(=O)N2CCNC[C@@H]2C(=O)Nc2ccc(F)cc2)n1. The number of carbonyl (C=O) groups is 2. The molecule has 1 aliphatic heterocycles. The number of aromatic nitrogens is 3. The molecule has 9 nitrogen and oxygen atoms in total. The van der Waals surface area contributed by atoms with E-state index in [9.17, 15) is 14.0 Å². The first kappa shape index (κ1) is 17.8. The van der Waals surface area contributed by atoms with Gasteiger partial charge >= 0.3 is 0 Å². The van der Waals surface area contributed by atoms with Crippen LogP contribution in [-0.4, -0.2) is 57.6 Å². The van der Waals surface area contributed by atoms with Crippen LogP contribution >= 0.6 is 0 Å². The van der Waals surface area contributed by atoms with E-state index in [1.807, 2.05) is 0 Å². The molecule has 0 spiro atoms. The number of H-pyrrole nitrogens is 1. The zero-order valence-corrected chi connectivity index (χ0v) is 14.0. The lowest BCUT2D eigenvalue weighted by atomic mass is 10.1. The van der Waals surface area contributed by atoms with Crippen LogP contribution in [0.15, 0.2) is 24.3 Å². The maximum Gasteiger partial charge on any atom is 0.248 e. The summed E-state index contributed by atoms with van der Waals surface area (Å²) in [6.07, 6.45) is 0.550. The van der Waals surface area contributed by atoms with Gasteiger partial charge in [-0.25, -0.2) is 4.39 Å². The zero-order valence-electron chi connectivity index (χ0n) is 14.0. The number of amides is 2. The molecule has 2 amide bonds. The van der Waals surface area contributed by atoms with Gasteiger partial charge in [-0.3, -0.25) is 14.7 Å². The molecule has 0 saturated carbocycles. The molecule has 1 aromatic carbocycles. The van der Waals surface area contributed by atoms with Crippen molar-refractivity contribution < 1.29 is 14.0 Å². The highest BCUT2D eigenvalue weighted by Gasteiger charge is 2.31. The average Bonchev–Trinajstić information content (AvgIpc) is 3.07. The van der Waals surface area contributed by atoms with E-state index in [2.05, 4.69) is 25.8 Å². The molecular weight excluding hydrogens is 341 g/mol. The number of carbonyl (C=O) groups excluding carboxylic acids is 2. The molecule has 1 saturated heterocycles. The van der Waals surface area contributed by atoms with Crippen molar-refractivity contribution in [3.8, 4) is 0 Å². The van der Waals surface area contributed by atoms with Gasteiger partial charge in [-0.15, -0.1) is 5.10 Å². The first-order valence-electron chi connectivity index (χ1n) is 8.26. The molecule has 2 heterocycles. The molecule has 5 N–H and O–H groups in total. The number of nitrogens with zero attached hydrogens (tertiary/aromatic N) is 3. The second-order valence-corrected chi connectivity index (χ2v) is 5.94. The van der Waals surface area contributed by atoms with Crippen molar-refractivity contribution in [3.05, 3.63) is 35.9 Å². The number of nitrogens with two attached hydrogens (primary N) is 1. The maximum absolute atomic E-state index is 13.0. The summed E-state index contributed by atoms with van der Waals surface area (Å²) in [6.45, 7) is 1.40. The molecule has 1 atom stereocenters. The number of halogens is 1. The van der Waals surface area contributed by atoms with Crippen LogP contribution in [0.4, 0.5) is 16.0 Å². The number of benzene rings is 1. The number of hydrogen-bond donors (Lipinski definition) is 4. The Balaban J connectivity index is 1.61. The third kappa shape index (κ3) is 4.33. The molecule has 0 radical (unpaired) electrons. The molecule has 2 aromatic rings. The number of aromatic amines is 1. The Morgan fingerprint density at radius 3 is 2.81 bits per heavy atom. The Bertz CT molecular complexity index is 777. The summed E-state index contributed by atoms with van der Waals surface area (Å²) in [5, 5.41) is 12.2. The summed E-state index contributed by atoms with van der Waals surface area (Å²) >= 11 is 0. The first-order chi connectivity index (χ1) is 12.5. The number of rotatable bonds is 5. The van der Waals surface area contributed by atoms with Crippen molar-refractivity contribution in [1.29, 1.82) is 0 Å². The Kier molecular flexibility index (Phi) is 5.42. The van der Waals surface area contributed by atoms with Crippen LogP contribution in [0.2, 0.25) is 0 Å². The Morgan fingerprint density at radius 1 is 1.35 bits per heavy atom. The van der Waals surface area contributed by atoms with Gasteiger partial charge in [0.05, 0.1) is 0 Å². The Labute approximate surface area is 149 Å². The smallest absolute Gasteiger partial charge is 0.248 e. The molecule has 0 bridgehead atoms. The normalized spacial score (nSPS) is 17.1. The molecule has 1 fully saturated rings. The van der Waals surface area contributed by atoms with Crippen molar-refractivity contribution in [2.75, 3.05) is 30.7 Å². The highest BCUT2D eigenvalue weighted by Crippen LogP contribution is 2.13. The molecule has 10 heteroatoms. The summed E-state index contributed by atoms with van der Waals surface area (Å²) in [5.74, 6) is -0.196. The molecule has 0 aliphatic carbocycles. The van der Waals surface area contributed by atoms with Gasteiger partial charge in [-0.05, 0) is 24.3 Å². The van der Waals surface area contributed by atoms with Crippen molar-refractivity contribution in [2.45, 2.75) is 18.9 Å². The van der Waals surface area contributed by atoms with Crippen LogP contribution in [0, 0.1) is 5.82 Å². The largest absolute Gasteiger partial charge is 0.367 e. The highest BCUT2D eigenvalue weighted by molar-refractivity contribution is 5.97. The minimum absolute atomic E-state index is 0.131. The van der Waals surface area contributed by atoms with Crippen molar-refractivity contribution in [2.24, 2.45) is 0 Å². The van der Waals surface area contributed by atoms with Crippen LogP contribution in [0.5, 0.6) is 0 Å². The Hall–Kier alpha value is -3.01. The quantitative estimate of drug-likeness (QED) is 0.588. The molecule has 3 rings (SSSR count). The van der Waals surface area contributed by atoms with E-state index < -0.39 is 6.04 Å².